The van der Waals surface area contributed by atoms with Gasteiger partial charge in [0.2, 0.25) is 0 Å². The normalized spacial score (nSPS) is 10.4. The van der Waals surface area contributed by atoms with Crippen LogP contribution in [0.4, 0.5) is 5.69 Å². The van der Waals surface area contributed by atoms with Crippen molar-refractivity contribution in [2.75, 3.05) is 19.8 Å². The van der Waals surface area contributed by atoms with Crippen LogP contribution in [-0.2, 0) is 11.3 Å². The monoisotopic (exact) mass is 284 g/mol. The third-order valence-electron chi connectivity index (χ3n) is 2.31. The highest BCUT2D eigenvalue weighted by atomic mass is 35.5. The van der Waals surface area contributed by atoms with Crippen LogP contribution in [0.15, 0.2) is 30.4 Å². The van der Waals surface area contributed by atoms with Gasteiger partial charge in [-0.2, -0.15) is 0 Å². The summed E-state index contributed by atoms with van der Waals surface area (Å²) in [6, 6.07) is 4.77. The van der Waals surface area contributed by atoms with E-state index >= 15 is 0 Å². The SMILES string of the molecule is C=C(C)COCCNCc1ccc(Cl)c([N+](=O)[O-])c1. The zero-order valence-corrected chi connectivity index (χ0v) is 11.6. The Bertz CT molecular complexity index is 463. The predicted octanol–water partition coefficient (Wildman–Crippen LogP) is 2.93. The van der Waals surface area contributed by atoms with E-state index in [-0.39, 0.29) is 10.7 Å². The molecule has 0 aliphatic carbocycles. The minimum Gasteiger partial charge on any atom is -0.376 e. The molecule has 19 heavy (non-hydrogen) atoms. The van der Waals surface area contributed by atoms with Gasteiger partial charge in [0, 0.05) is 19.2 Å². The van der Waals surface area contributed by atoms with Crippen molar-refractivity contribution in [3.63, 3.8) is 0 Å². The molecule has 0 aromatic heterocycles. The summed E-state index contributed by atoms with van der Waals surface area (Å²) in [4.78, 5) is 10.2. The summed E-state index contributed by atoms with van der Waals surface area (Å²) in [5.74, 6) is 0. The van der Waals surface area contributed by atoms with Crippen molar-refractivity contribution in [3.05, 3.63) is 51.1 Å². The first kappa shape index (κ1) is 15.6. The van der Waals surface area contributed by atoms with Crippen molar-refractivity contribution < 1.29 is 9.66 Å². The van der Waals surface area contributed by atoms with Gasteiger partial charge < -0.3 is 10.1 Å². The Morgan fingerprint density at radius 3 is 2.95 bits per heavy atom. The second kappa shape index (κ2) is 7.89. The lowest BCUT2D eigenvalue weighted by molar-refractivity contribution is -0.384. The molecule has 0 spiro atoms. The van der Waals surface area contributed by atoms with Crippen molar-refractivity contribution in [3.8, 4) is 0 Å². The third kappa shape index (κ3) is 5.83. The van der Waals surface area contributed by atoms with E-state index < -0.39 is 4.92 Å². The zero-order valence-electron chi connectivity index (χ0n) is 10.8. The Morgan fingerprint density at radius 1 is 1.58 bits per heavy atom. The molecular weight excluding hydrogens is 268 g/mol. The third-order valence-corrected chi connectivity index (χ3v) is 2.63. The molecule has 6 heteroatoms. The Balaban J connectivity index is 2.35. The molecule has 104 valence electrons. The maximum absolute atomic E-state index is 10.7. The Kier molecular flexibility index (Phi) is 6.49. The molecule has 0 unspecified atom stereocenters. The first-order chi connectivity index (χ1) is 9.00. The molecule has 0 radical (unpaired) electrons. The van der Waals surface area contributed by atoms with Crippen LogP contribution in [0.3, 0.4) is 0 Å². The molecule has 0 heterocycles. The number of rotatable bonds is 8. The summed E-state index contributed by atoms with van der Waals surface area (Å²) in [7, 11) is 0. The van der Waals surface area contributed by atoms with E-state index in [1.807, 2.05) is 6.92 Å². The Morgan fingerprint density at radius 2 is 2.32 bits per heavy atom. The Labute approximate surface area is 117 Å². The van der Waals surface area contributed by atoms with Crippen LogP contribution >= 0.6 is 11.6 Å². The minimum atomic E-state index is -0.484. The molecule has 0 atom stereocenters. The molecule has 0 aliphatic heterocycles. The molecule has 0 aliphatic rings. The average molecular weight is 285 g/mol. The second-order valence-corrected chi connectivity index (χ2v) is 4.64. The number of hydrogen-bond acceptors (Lipinski definition) is 4. The number of nitro groups is 1. The summed E-state index contributed by atoms with van der Waals surface area (Å²) in [5, 5.41) is 14.0. The first-order valence-corrected chi connectivity index (χ1v) is 6.24. The van der Waals surface area contributed by atoms with Gasteiger partial charge >= 0.3 is 0 Å². The fourth-order valence-corrected chi connectivity index (χ4v) is 1.62. The number of nitrogens with zero attached hydrogens (tertiary/aromatic N) is 1. The van der Waals surface area contributed by atoms with Crippen molar-refractivity contribution in [2.24, 2.45) is 0 Å². The number of ether oxygens (including phenoxy) is 1. The summed E-state index contributed by atoms with van der Waals surface area (Å²) in [6.07, 6.45) is 0. The quantitative estimate of drug-likeness (QED) is 0.345. The number of benzene rings is 1. The van der Waals surface area contributed by atoms with Crippen LogP contribution in [0.5, 0.6) is 0 Å². The highest BCUT2D eigenvalue weighted by Crippen LogP contribution is 2.24. The standard InChI is InChI=1S/C13H17ClN2O3/c1-10(2)9-19-6-5-15-8-11-3-4-12(14)13(7-11)16(17)18/h3-4,7,15H,1,5-6,8-9H2,2H3. The fraction of sp³-hybridized carbons (Fsp3) is 0.385. The van der Waals surface area contributed by atoms with Crippen LogP contribution in [0.2, 0.25) is 5.02 Å². The van der Waals surface area contributed by atoms with Crippen molar-refractivity contribution in [1.82, 2.24) is 5.32 Å². The van der Waals surface area contributed by atoms with Crippen molar-refractivity contribution in [1.29, 1.82) is 0 Å². The van der Waals surface area contributed by atoms with E-state index in [2.05, 4.69) is 11.9 Å². The highest BCUT2D eigenvalue weighted by molar-refractivity contribution is 6.32. The fourth-order valence-electron chi connectivity index (χ4n) is 1.43. The maximum Gasteiger partial charge on any atom is 0.288 e. The highest BCUT2D eigenvalue weighted by Gasteiger charge is 2.12. The number of halogens is 1. The van der Waals surface area contributed by atoms with E-state index in [9.17, 15) is 10.1 Å². The van der Waals surface area contributed by atoms with Crippen LogP contribution in [0.1, 0.15) is 12.5 Å². The summed E-state index contributed by atoms with van der Waals surface area (Å²) < 4.78 is 5.32. The van der Waals surface area contributed by atoms with E-state index in [1.54, 1.807) is 6.07 Å². The van der Waals surface area contributed by atoms with Gasteiger partial charge in [0.1, 0.15) is 5.02 Å². The number of nitrogens with one attached hydrogen (secondary N) is 1. The van der Waals surface area contributed by atoms with Gasteiger partial charge in [-0.1, -0.05) is 29.8 Å². The summed E-state index contributed by atoms with van der Waals surface area (Å²) in [6.45, 7) is 7.96. The lowest BCUT2D eigenvalue weighted by Crippen LogP contribution is -2.19. The molecule has 0 fully saturated rings. The maximum atomic E-state index is 10.7. The zero-order chi connectivity index (χ0) is 14.3. The van der Waals surface area contributed by atoms with E-state index in [4.69, 9.17) is 16.3 Å². The van der Waals surface area contributed by atoms with Crippen molar-refractivity contribution in [2.45, 2.75) is 13.5 Å². The molecule has 1 N–H and O–H groups in total. The molecule has 1 rings (SSSR count). The van der Waals surface area contributed by atoms with Gasteiger partial charge in [0.15, 0.2) is 0 Å². The summed E-state index contributed by atoms with van der Waals surface area (Å²) >= 11 is 5.73. The molecule has 0 amide bonds. The van der Waals surface area contributed by atoms with Gasteiger partial charge in [-0.15, -0.1) is 0 Å². The van der Waals surface area contributed by atoms with Gasteiger partial charge in [-0.25, -0.2) is 0 Å². The predicted molar refractivity (Wildman–Crippen MR) is 75.4 cm³/mol. The van der Waals surface area contributed by atoms with Crippen LogP contribution in [0, 0.1) is 10.1 Å². The smallest absolute Gasteiger partial charge is 0.288 e. The largest absolute Gasteiger partial charge is 0.376 e. The molecule has 0 saturated heterocycles. The molecule has 1 aromatic carbocycles. The first-order valence-electron chi connectivity index (χ1n) is 5.86. The van der Waals surface area contributed by atoms with E-state index in [0.29, 0.717) is 26.3 Å². The molecule has 0 bridgehead atoms. The summed E-state index contributed by atoms with van der Waals surface area (Å²) in [5.41, 5.74) is 1.73. The van der Waals surface area contributed by atoms with E-state index in [1.165, 1.54) is 12.1 Å². The van der Waals surface area contributed by atoms with Crippen LogP contribution in [0.25, 0.3) is 0 Å². The van der Waals surface area contributed by atoms with Crippen LogP contribution in [-0.4, -0.2) is 24.7 Å². The lowest BCUT2D eigenvalue weighted by Gasteiger charge is -2.06. The minimum absolute atomic E-state index is 0.0699. The average Bonchev–Trinajstić information content (AvgIpc) is 2.34. The molecule has 1 aromatic rings. The number of hydrogen-bond donors (Lipinski definition) is 1. The van der Waals surface area contributed by atoms with Crippen LogP contribution < -0.4 is 5.32 Å². The van der Waals surface area contributed by atoms with E-state index in [0.717, 1.165) is 11.1 Å². The van der Waals surface area contributed by atoms with Crippen molar-refractivity contribution >= 4 is 17.3 Å². The molecular formula is C13H17ClN2O3. The van der Waals surface area contributed by atoms with Gasteiger partial charge in [-0.05, 0) is 18.6 Å². The van der Waals surface area contributed by atoms with Gasteiger partial charge in [0.25, 0.3) is 5.69 Å². The molecule has 5 nitrogen and oxygen atoms in total. The van der Waals surface area contributed by atoms with Gasteiger partial charge in [-0.3, -0.25) is 10.1 Å². The Hall–Kier alpha value is -1.43. The number of nitro benzene ring substituents is 1. The van der Waals surface area contributed by atoms with Gasteiger partial charge in [0.05, 0.1) is 18.1 Å². The topological polar surface area (TPSA) is 64.4 Å². The lowest BCUT2D eigenvalue weighted by atomic mass is 10.2. The second-order valence-electron chi connectivity index (χ2n) is 4.23. The molecule has 0 saturated carbocycles.